The average molecular weight is 289 g/mol. The van der Waals surface area contributed by atoms with Crippen LogP contribution in [0.2, 0.25) is 5.02 Å². The van der Waals surface area contributed by atoms with E-state index in [1.165, 1.54) is 30.5 Å². The number of rotatable bonds is 2. The van der Waals surface area contributed by atoms with Gasteiger partial charge in [-0.15, -0.1) is 13.2 Å². The molecule has 2 N–H and O–H groups in total. The molecule has 1 heterocycles. The summed E-state index contributed by atoms with van der Waals surface area (Å²) in [4.78, 5) is 3.87. The van der Waals surface area contributed by atoms with E-state index in [2.05, 4.69) is 9.72 Å². The number of ether oxygens (including phenoxy) is 1. The van der Waals surface area contributed by atoms with E-state index in [-0.39, 0.29) is 16.6 Å². The predicted molar refractivity (Wildman–Crippen MR) is 65.8 cm³/mol. The van der Waals surface area contributed by atoms with Crippen LogP contribution in [0.4, 0.5) is 19.0 Å². The third kappa shape index (κ3) is 3.51. The quantitative estimate of drug-likeness (QED) is 0.912. The van der Waals surface area contributed by atoms with Crippen molar-refractivity contribution in [3.63, 3.8) is 0 Å². The van der Waals surface area contributed by atoms with E-state index in [9.17, 15) is 13.2 Å². The van der Waals surface area contributed by atoms with Gasteiger partial charge in [0.05, 0.1) is 5.02 Å². The van der Waals surface area contributed by atoms with E-state index in [1.54, 1.807) is 6.07 Å². The van der Waals surface area contributed by atoms with Crippen LogP contribution in [-0.2, 0) is 0 Å². The fraction of sp³-hybridized carbons (Fsp3) is 0.0833. The van der Waals surface area contributed by atoms with Gasteiger partial charge in [-0.25, -0.2) is 4.98 Å². The first-order valence-corrected chi connectivity index (χ1v) is 5.50. The van der Waals surface area contributed by atoms with Gasteiger partial charge < -0.3 is 10.5 Å². The van der Waals surface area contributed by atoms with Gasteiger partial charge >= 0.3 is 6.36 Å². The fourth-order valence-corrected chi connectivity index (χ4v) is 1.62. The normalized spacial score (nSPS) is 11.4. The van der Waals surface area contributed by atoms with E-state index in [0.29, 0.717) is 11.1 Å². The lowest BCUT2D eigenvalue weighted by atomic mass is 10.1. The lowest BCUT2D eigenvalue weighted by Crippen LogP contribution is -2.16. The molecular formula is C12H8ClF3N2O. The minimum absolute atomic E-state index is 0.197. The maximum Gasteiger partial charge on any atom is 0.573 e. The summed E-state index contributed by atoms with van der Waals surface area (Å²) in [5.74, 6) is -0.0896. The van der Waals surface area contributed by atoms with E-state index in [0.717, 1.165) is 0 Å². The molecule has 0 spiro atoms. The first kappa shape index (κ1) is 13.5. The lowest BCUT2D eigenvalue weighted by Gasteiger charge is -2.09. The molecule has 3 nitrogen and oxygen atoms in total. The Morgan fingerprint density at radius 3 is 2.26 bits per heavy atom. The monoisotopic (exact) mass is 288 g/mol. The summed E-state index contributed by atoms with van der Waals surface area (Å²) in [5, 5.41) is 0.285. The maximum atomic E-state index is 12.0. The molecule has 2 aromatic rings. The van der Waals surface area contributed by atoms with Crippen molar-refractivity contribution < 1.29 is 17.9 Å². The molecule has 0 fully saturated rings. The number of benzene rings is 1. The van der Waals surface area contributed by atoms with Crippen molar-refractivity contribution in [2.75, 3.05) is 5.73 Å². The third-order valence-electron chi connectivity index (χ3n) is 2.29. The summed E-state index contributed by atoms with van der Waals surface area (Å²) >= 11 is 5.82. The molecule has 0 bridgehead atoms. The first-order chi connectivity index (χ1) is 8.85. The second-order valence-corrected chi connectivity index (χ2v) is 4.07. The van der Waals surface area contributed by atoms with Gasteiger partial charge in [0.1, 0.15) is 11.6 Å². The van der Waals surface area contributed by atoms with E-state index in [4.69, 9.17) is 17.3 Å². The van der Waals surface area contributed by atoms with Crippen LogP contribution in [0, 0.1) is 0 Å². The molecule has 2 rings (SSSR count). The molecule has 1 aromatic heterocycles. The zero-order valence-electron chi connectivity index (χ0n) is 9.41. The number of alkyl halides is 3. The van der Waals surface area contributed by atoms with Crippen LogP contribution in [0.5, 0.6) is 5.75 Å². The summed E-state index contributed by atoms with van der Waals surface area (Å²) in [5.41, 5.74) is 6.78. The Hall–Kier alpha value is -1.95. The molecule has 100 valence electrons. The Morgan fingerprint density at radius 2 is 1.74 bits per heavy atom. The Labute approximate surface area is 111 Å². The molecule has 1 aromatic carbocycles. The van der Waals surface area contributed by atoms with Crippen LogP contribution in [-0.4, -0.2) is 11.3 Å². The Kier molecular flexibility index (Phi) is 3.53. The van der Waals surface area contributed by atoms with Crippen molar-refractivity contribution in [2.45, 2.75) is 6.36 Å². The Balaban J connectivity index is 2.25. The molecule has 0 amide bonds. The highest BCUT2D eigenvalue weighted by atomic mass is 35.5. The zero-order valence-corrected chi connectivity index (χ0v) is 10.2. The van der Waals surface area contributed by atoms with Crippen LogP contribution < -0.4 is 10.5 Å². The van der Waals surface area contributed by atoms with E-state index in [1.807, 2.05) is 0 Å². The number of pyridine rings is 1. The number of anilines is 1. The highest BCUT2D eigenvalue weighted by Crippen LogP contribution is 2.28. The average Bonchev–Trinajstić information content (AvgIpc) is 2.32. The molecule has 0 aliphatic rings. The molecule has 0 saturated carbocycles. The van der Waals surface area contributed by atoms with Crippen LogP contribution >= 0.6 is 11.6 Å². The highest BCUT2D eigenvalue weighted by molar-refractivity contribution is 6.33. The van der Waals surface area contributed by atoms with Crippen molar-refractivity contribution in [1.82, 2.24) is 4.98 Å². The topological polar surface area (TPSA) is 48.1 Å². The van der Waals surface area contributed by atoms with E-state index < -0.39 is 6.36 Å². The largest absolute Gasteiger partial charge is 0.573 e. The highest BCUT2D eigenvalue weighted by Gasteiger charge is 2.30. The predicted octanol–water partition coefficient (Wildman–Crippen LogP) is 3.88. The van der Waals surface area contributed by atoms with Crippen LogP contribution in [0.1, 0.15) is 0 Å². The molecule has 7 heteroatoms. The molecular weight excluding hydrogens is 281 g/mol. The molecule has 0 radical (unpaired) electrons. The molecule has 0 unspecified atom stereocenters. The number of nitrogens with two attached hydrogens (primary N) is 1. The van der Waals surface area contributed by atoms with Gasteiger partial charge in [0.2, 0.25) is 0 Å². The van der Waals surface area contributed by atoms with Crippen molar-refractivity contribution in [2.24, 2.45) is 0 Å². The molecule has 0 aliphatic carbocycles. The minimum Gasteiger partial charge on any atom is -0.406 e. The first-order valence-electron chi connectivity index (χ1n) is 5.12. The summed E-state index contributed by atoms with van der Waals surface area (Å²) in [6.07, 6.45) is -3.21. The van der Waals surface area contributed by atoms with Gasteiger partial charge in [-0.2, -0.15) is 0 Å². The second-order valence-electron chi connectivity index (χ2n) is 3.66. The minimum atomic E-state index is -4.70. The standard InChI is InChI=1S/C12H8ClF3N2O/c13-10-5-8(6-18-11(10)17)7-1-3-9(4-2-7)19-12(14,15)16/h1-6H,(H2,17,18). The summed E-state index contributed by atoms with van der Waals surface area (Å²) in [6.45, 7) is 0. The molecule has 0 saturated heterocycles. The van der Waals surface area contributed by atoms with Gasteiger partial charge in [0.25, 0.3) is 0 Å². The Bertz CT molecular complexity index is 585. The summed E-state index contributed by atoms with van der Waals surface area (Å²) in [7, 11) is 0. The van der Waals surface area contributed by atoms with Crippen LogP contribution in [0.15, 0.2) is 36.5 Å². The number of halogens is 4. The summed E-state index contributed by atoms with van der Waals surface area (Å²) < 4.78 is 39.8. The number of nitrogens with zero attached hydrogens (tertiary/aromatic N) is 1. The van der Waals surface area contributed by atoms with Gasteiger partial charge in [0.15, 0.2) is 0 Å². The van der Waals surface area contributed by atoms with Gasteiger partial charge in [-0.1, -0.05) is 23.7 Å². The smallest absolute Gasteiger partial charge is 0.406 e. The van der Waals surface area contributed by atoms with Gasteiger partial charge in [0, 0.05) is 11.8 Å². The van der Waals surface area contributed by atoms with Crippen molar-refractivity contribution >= 4 is 17.4 Å². The Morgan fingerprint density at radius 1 is 1.11 bits per heavy atom. The number of hydrogen-bond donors (Lipinski definition) is 1. The number of nitrogen functional groups attached to an aromatic ring is 1. The van der Waals surface area contributed by atoms with Crippen LogP contribution in [0.3, 0.4) is 0 Å². The SMILES string of the molecule is Nc1ncc(-c2ccc(OC(F)(F)F)cc2)cc1Cl. The van der Waals surface area contributed by atoms with Gasteiger partial charge in [-0.05, 0) is 23.8 Å². The van der Waals surface area contributed by atoms with Gasteiger partial charge in [-0.3, -0.25) is 0 Å². The molecule has 0 aliphatic heterocycles. The summed E-state index contributed by atoms with van der Waals surface area (Å²) in [6, 6.07) is 6.97. The molecule has 0 atom stereocenters. The van der Waals surface area contributed by atoms with Crippen LogP contribution in [0.25, 0.3) is 11.1 Å². The zero-order chi connectivity index (χ0) is 14.0. The molecule has 19 heavy (non-hydrogen) atoms. The maximum absolute atomic E-state index is 12.0. The lowest BCUT2D eigenvalue weighted by molar-refractivity contribution is -0.274. The van der Waals surface area contributed by atoms with Crippen molar-refractivity contribution in [3.8, 4) is 16.9 Å². The van der Waals surface area contributed by atoms with Crippen molar-refractivity contribution in [3.05, 3.63) is 41.6 Å². The number of hydrogen-bond acceptors (Lipinski definition) is 3. The third-order valence-corrected chi connectivity index (χ3v) is 2.59. The van der Waals surface area contributed by atoms with Crippen molar-refractivity contribution in [1.29, 1.82) is 0 Å². The van der Waals surface area contributed by atoms with E-state index >= 15 is 0 Å². The second kappa shape index (κ2) is 4.97. The number of aromatic nitrogens is 1. The fourth-order valence-electron chi connectivity index (χ4n) is 1.46.